The van der Waals surface area contributed by atoms with Gasteiger partial charge in [-0.05, 0) is 38.8 Å². The predicted octanol–water partition coefficient (Wildman–Crippen LogP) is 2.51. The van der Waals surface area contributed by atoms with E-state index in [9.17, 15) is 13.2 Å². The molecule has 0 bridgehead atoms. The Morgan fingerprint density at radius 3 is 2.18 bits per heavy atom. The minimum atomic E-state index is -3.67. The van der Waals surface area contributed by atoms with Gasteiger partial charge in [0.15, 0.2) is 0 Å². The maximum Gasteiger partial charge on any atom is 0.321 e. The fraction of sp³-hybridized carbons (Fsp3) is 0.650. The number of rotatable bonds is 3. The molecule has 0 spiro atoms. The van der Waals surface area contributed by atoms with Crippen molar-refractivity contribution < 1.29 is 17.9 Å². The highest BCUT2D eigenvalue weighted by Crippen LogP contribution is 2.30. The zero-order valence-corrected chi connectivity index (χ0v) is 18.1. The Hall–Kier alpha value is -1.64. The molecule has 0 N–H and O–H groups in total. The van der Waals surface area contributed by atoms with E-state index in [0.717, 1.165) is 5.56 Å². The number of nitrogens with zero attached hydrogens (tertiary/aromatic N) is 3. The van der Waals surface area contributed by atoms with Crippen LogP contribution in [0.2, 0.25) is 0 Å². The van der Waals surface area contributed by atoms with Gasteiger partial charge in [-0.1, -0.05) is 31.5 Å². The molecular formula is C20H31N3O4S. The van der Waals surface area contributed by atoms with Gasteiger partial charge in [-0.25, -0.2) is 13.2 Å². The summed E-state index contributed by atoms with van der Waals surface area (Å²) in [7, 11) is -3.67. The van der Waals surface area contributed by atoms with Crippen LogP contribution in [0.25, 0.3) is 0 Å². The quantitative estimate of drug-likeness (QED) is 0.769. The van der Waals surface area contributed by atoms with Crippen LogP contribution in [0.4, 0.5) is 4.79 Å². The first-order chi connectivity index (χ1) is 13.1. The summed E-state index contributed by atoms with van der Waals surface area (Å²) in [5, 5.41) is 0. The summed E-state index contributed by atoms with van der Waals surface area (Å²) in [6, 6.07) is 6.76. The van der Waals surface area contributed by atoms with Crippen molar-refractivity contribution in [2.24, 2.45) is 5.92 Å². The topological polar surface area (TPSA) is 70.2 Å². The highest BCUT2D eigenvalue weighted by molar-refractivity contribution is 7.89. The number of amides is 2. The SMILES string of the molecule is Cc1ccc(S(=O)(=O)N2CCN(C(=O)N3CC(C)OC(C)C3)C2C(C)C)cc1. The molecule has 0 aliphatic carbocycles. The fourth-order valence-electron chi connectivity index (χ4n) is 4.15. The number of urea groups is 1. The van der Waals surface area contributed by atoms with Gasteiger partial charge < -0.3 is 14.5 Å². The van der Waals surface area contributed by atoms with Crippen LogP contribution < -0.4 is 0 Å². The molecule has 2 saturated heterocycles. The van der Waals surface area contributed by atoms with E-state index in [1.54, 1.807) is 34.1 Å². The Morgan fingerprint density at radius 2 is 1.64 bits per heavy atom. The molecule has 2 aliphatic heterocycles. The Labute approximate surface area is 168 Å². The molecule has 7 nitrogen and oxygen atoms in total. The summed E-state index contributed by atoms with van der Waals surface area (Å²) < 4.78 is 33.7. The van der Waals surface area contributed by atoms with E-state index < -0.39 is 16.2 Å². The minimum absolute atomic E-state index is 0.0254. The van der Waals surface area contributed by atoms with E-state index in [2.05, 4.69) is 0 Å². The van der Waals surface area contributed by atoms with Gasteiger partial charge in [0, 0.05) is 26.2 Å². The number of sulfonamides is 1. The average Bonchev–Trinajstić information content (AvgIpc) is 3.06. The van der Waals surface area contributed by atoms with Crippen LogP contribution >= 0.6 is 0 Å². The molecule has 0 radical (unpaired) electrons. The van der Waals surface area contributed by atoms with Gasteiger partial charge in [0.05, 0.1) is 17.1 Å². The second kappa shape index (κ2) is 8.00. The van der Waals surface area contributed by atoms with Gasteiger partial charge in [-0.15, -0.1) is 0 Å². The highest BCUT2D eigenvalue weighted by atomic mass is 32.2. The summed E-state index contributed by atoms with van der Waals surface area (Å²) in [5.74, 6) is -0.0254. The molecule has 2 fully saturated rings. The Bertz CT molecular complexity index is 799. The van der Waals surface area contributed by atoms with Crippen LogP contribution in [0, 0.1) is 12.8 Å². The van der Waals surface area contributed by atoms with Gasteiger partial charge in [-0.3, -0.25) is 0 Å². The Morgan fingerprint density at radius 1 is 1.07 bits per heavy atom. The Kier molecular flexibility index (Phi) is 6.03. The molecule has 3 rings (SSSR count). The molecule has 3 unspecified atom stereocenters. The van der Waals surface area contributed by atoms with Crippen molar-refractivity contribution in [3.05, 3.63) is 29.8 Å². The summed E-state index contributed by atoms with van der Waals surface area (Å²) in [6.07, 6.45) is -0.548. The molecule has 3 atom stereocenters. The van der Waals surface area contributed by atoms with Gasteiger partial charge in [0.25, 0.3) is 0 Å². The van der Waals surface area contributed by atoms with Crippen molar-refractivity contribution >= 4 is 16.1 Å². The van der Waals surface area contributed by atoms with Gasteiger partial charge in [0.2, 0.25) is 10.0 Å². The predicted molar refractivity (Wildman–Crippen MR) is 107 cm³/mol. The van der Waals surface area contributed by atoms with E-state index >= 15 is 0 Å². The smallest absolute Gasteiger partial charge is 0.321 e. The number of benzene rings is 1. The summed E-state index contributed by atoms with van der Waals surface area (Å²) in [4.78, 5) is 17.0. The standard InChI is InChI=1S/C20H31N3O4S/c1-14(2)19-22(20(24)21-12-16(4)27-17(5)13-21)10-11-23(19)28(25,26)18-8-6-15(3)7-9-18/h6-9,14,16-17,19H,10-13H2,1-5H3. The molecule has 0 saturated carbocycles. The van der Waals surface area contributed by atoms with E-state index in [0.29, 0.717) is 26.2 Å². The summed E-state index contributed by atoms with van der Waals surface area (Å²) in [5.41, 5.74) is 1.01. The highest BCUT2D eigenvalue weighted by Gasteiger charge is 2.45. The molecule has 28 heavy (non-hydrogen) atoms. The van der Waals surface area contributed by atoms with Crippen LogP contribution in [0.15, 0.2) is 29.2 Å². The molecular weight excluding hydrogens is 378 g/mol. The first-order valence-corrected chi connectivity index (χ1v) is 11.3. The number of aryl methyl sites for hydroxylation is 1. The van der Waals surface area contributed by atoms with Crippen molar-refractivity contribution in [2.75, 3.05) is 26.2 Å². The van der Waals surface area contributed by atoms with Crippen molar-refractivity contribution in [2.45, 2.75) is 57.9 Å². The molecule has 156 valence electrons. The lowest BCUT2D eigenvalue weighted by Crippen LogP contribution is -2.56. The third-order valence-electron chi connectivity index (χ3n) is 5.34. The monoisotopic (exact) mass is 409 g/mol. The number of carbonyl (C=O) groups excluding carboxylic acids is 1. The average molecular weight is 410 g/mol. The molecule has 2 aliphatic rings. The lowest BCUT2D eigenvalue weighted by Gasteiger charge is -2.40. The number of ether oxygens (including phenoxy) is 1. The van der Waals surface area contributed by atoms with Crippen LogP contribution in [-0.2, 0) is 14.8 Å². The van der Waals surface area contributed by atoms with Gasteiger partial charge in [-0.2, -0.15) is 4.31 Å². The van der Waals surface area contributed by atoms with Gasteiger partial charge >= 0.3 is 6.03 Å². The lowest BCUT2D eigenvalue weighted by atomic mass is 10.1. The third-order valence-corrected chi connectivity index (χ3v) is 7.22. The third kappa shape index (κ3) is 4.04. The maximum absolute atomic E-state index is 13.3. The van der Waals surface area contributed by atoms with Crippen LogP contribution in [-0.4, -0.2) is 73.1 Å². The first kappa shape index (κ1) is 21.1. The largest absolute Gasteiger partial charge is 0.372 e. The zero-order valence-electron chi connectivity index (χ0n) is 17.3. The molecule has 1 aromatic carbocycles. The molecule has 2 heterocycles. The number of morpholine rings is 1. The normalized spacial score (nSPS) is 26.9. The van der Waals surface area contributed by atoms with E-state index in [1.807, 2.05) is 34.6 Å². The Balaban J connectivity index is 1.86. The zero-order chi connectivity index (χ0) is 20.6. The first-order valence-electron chi connectivity index (χ1n) is 9.90. The minimum Gasteiger partial charge on any atom is -0.372 e. The maximum atomic E-state index is 13.3. The second-order valence-electron chi connectivity index (χ2n) is 8.22. The second-order valence-corrected chi connectivity index (χ2v) is 10.1. The number of carbonyl (C=O) groups is 1. The van der Waals surface area contributed by atoms with Gasteiger partial charge in [0.1, 0.15) is 6.17 Å². The van der Waals surface area contributed by atoms with Crippen molar-refractivity contribution in [3.8, 4) is 0 Å². The summed E-state index contributed by atoms with van der Waals surface area (Å²) >= 11 is 0. The fourth-order valence-corrected chi connectivity index (χ4v) is 5.87. The molecule has 1 aromatic rings. The van der Waals surface area contributed by atoms with E-state index in [4.69, 9.17) is 4.74 Å². The van der Waals surface area contributed by atoms with Crippen molar-refractivity contribution in [3.63, 3.8) is 0 Å². The molecule has 2 amide bonds. The van der Waals surface area contributed by atoms with Crippen LogP contribution in [0.5, 0.6) is 0 Å². The van der Waals surface area contributed by atoms with Crippen LogP contribution in [0.3, 0.4) is 0 Å². The number of hydrogen-bond donors (Lipinski definition) is 0. The summed E-state index contributed by atoms with van der Waals surface area (Å²) in [6.45, 7) is 11.5. The van der Waals surface area contributed by atoms with E-state index in [-0.39, 0.29) is 29.1 Å². The van der Waals surface area contributed by atoms with E-state index in [1.165, 1.54) is 4.31 Å². The molecule has 0 aromatic heterocycles. The van der Waals surface area contributed by atoms with Crippen LogP contribution in [0.1, 0.15) is 33.3 Å². The molecule has 8 heteroatoms. The lowest BCUT2D eigenvalue weighted by molar-refractivity contribution is -0.0595. The van der Waals surface area contributed by atoms with Crippen molar-refractivity contribution in [1.82, 2.24) is 14.1 Å². The van der Waals surface area contributed by atoms with Crippen molar-refractivity contribution in [1.29, 1.82) is 0 Å². The number of hydrogen-bond acceptors (Lipinski definition) is 4.